The highest BCUT2D eigenvalue weighted by Gasteiger charge is 2.09. The van der Waals surface area contributed by atoms with Gasteiger partial charge in [0.2, 0.25) is 0 Å². The van der Waals surface area contributed by atoms with E-state index >= 15 is 0 Å². The Morgan fingerprint density at radius 3 is 2.74 bits per heavy atom. The molecule has 0 bridgehead atoms. The summed E-state index contributed by atoms with van der Waals surface area (Å²) >= 11 is 4.97. The van der Waals surface area contributed by atoms with Gasteiger partial charge in [-0.25, -0.2) is 0 Å². The maximum absolute atomic E-state index is 12.3. The lowest BCUT2D eigenvalue weighted by Gasteiger charge is -2.06. The van der Waals surface area contributed by atoms with Crippen molar-refractivity contribution in [1.29, 1.82) is 0 Å². The Morgan fingerprint density at radius 1 is 1.22 bits per heavy atom. The number of carbonyl (C=O) groups excluding carboxylic acids is 1. The van der Waals surface area contributed by atoms with E-state index in [1.165, 1.54) is 11.3 Å². The van der Waals surface area contributed by atoms with Gasteiger partial charge in [0.05, 0.1) is 16.8 Å². The fourth-order valence-corrected chi connectivity index (χ4v) is 4.19. The van der Waals surface area contributed by atoms with Crippen LogP contribution in [-0.4, -0.2) is 30.3 Å². The highest BCUT2D eigenvalue weighted by atomic mass is 79.9. The number of nitrogens with zero attached hydrogens (tertiary/aromatic N) is 2. The van der Waals surface area contributed by atoms with Crippen LogP contribution in [-0.2, 0) is 16.1 Å². The average molecular weight is 449 g/mol. The molecule has 0 spiro atoms. The molecule has 0 aliphatic carbocycles. The minimum atomic E-state index is -0.314. The van der Waals surface area contributed by atoms with Gasteiger partial charge in [-0.3, -0.25) is 4.79 Å². The third-order valence-corrected chi connectivity index (χ3v) is 5.45. The lowest BCUT2D eigenvalue weighted by atomic mass is 10.2. The summed E-state index contributed by atoms with van der Waals surface area (Å²) in [6, 6.07) is 13.6. The molecule has 0 saturated heterocycles. The third-order valence-electron chi connectivity index (χ3n) is 3.91. The van der Waals surface area contributed by atoms with Gasteiger partial charge in [0.15, 0.2) is 11.4 Å². The minimum absolute atomic E-state index is 0.0908. The van der Waals surface area contributed by atoms with Gasteiger partial charge in [-0.2, -0.15) is 4.99 Å². The molecule has 0 saturated carbocycles. The quantitative estimate of drug-likeness (QED) is 0.505. The van der Waals surface area contributed by atoms with Gasteiger partial charge in [-0.1, -0.05) is 45.0 Å². The highest BCUT2D eigenvalue weighted by Crippen LogP contribution is 2.22. The van der Waals surface area contributed by atoms with E-state index in [4.69, 9.17) is 9.47 Å². The molecule has 0 aliphatic rings. The van der Waals surface area contributed by atoms with E-state index in [9.17, 15) is 4.79 Å². The van der Waals surface area contributed by atoms with Crippen LogP contribution in [0.2, 0.25) is 0 Å². The first-order valence-electron chi connectivity index (χ1n) is 8.70. The van der Waals surface area contributed by atoms with Crippen LogP contribution in [0.3, 0.4) is 0 Å². The van der Waals surface area contributed by atoms with E-state index in [2.05, 4.69) is 20.9 Å². The maximum atomic E-state index is 12.3. The fraction of sp³-hybridized carbons (Fsp3) is 0.300. The van der Waals surface area contributed by atoms with Crippen molar-refractivity contribution >= 4 is 43.4 Å². The summed E-state index contributed by atoms with van der Waals surface area (Å²) in [7, 11) is 0. The first-order chi connectivity index (χ1) is 13.1. The zero-order chi connectivity index (χ0) is 19.2. The Morgan fingerprint density at radius 2 is 2.00 bits per heavy atom. The third kappa shape index (κ3) is 5.28. The lowest BCUT2D eigenvalue weighted by Crippen LogP contribution is -2.21. The average Bonchev–Trinajstić information content (AvgIpc) is 2.97. The van der Waals surface area contributed by atoms with Crippen LogP contribution in [0.1, 0.15) is 12.5 Å². The minimum Gasteiger partial charge on any atom is -0.484 e. The molecular weight excluding hydrogens is 428 g/mol. The molecule has 1 amide bonds. The van der Waals surface area contributed by atoms with Crippen molar-refractivity contribution < 1.29 is 14.3 Å². The number of thiazole rings is 1. The number of aryl methyl sites for hydroxylation is 1. The summed E-state index contributed by atoms with van der Waals surface area (Å²) in [6.45, 7) is 5.74. The number of halogens is 1. The van der Waals surface area contributed by atoms with Crippen LogP contribution in [0.15, 0.2) is 51.9 Å². The van der Waals surface area contributed by atoms with Crippen molar-refractivity contribution in [3.8, 4) is 5.75 Å². The summed E-state index contributed by atoms with van der Waals surface area (Å²) in [6.07, 6.45) is 0. The van der Waals surface area contributed by atoms with E-state index < -0.39 is 0 Å². The second kappa shape index (κ2) is 9.30. The summed E-state index contributed by atoms with van der Waals surface area (Å²) in [5, 5.41) is 0. The molecule has 0 fully saturated rings. The summed E-state index contributed by atoms with van der Waals surface area (Å²) in [5.74, 6) is 0.347. The van der Waals surface area contributed by atoms with E-state index in [1.54, 1.807) is 0 Å². The number of carbonyl (C=O) groups is 1. The maximum Gasteiger partial charge on any atom is 0.286 e. The molecular formula is C20H21BrN2O3S. The van der Waals surface area contributed by atoms with E-state index in [0.29, 0.717) is 30.3 Å². The summed E-state index contributed by atoms with van der Waals surface area (Å²) in [5.41, 5.74) is 2.18. The molecule has 0 radical (unpaired) electrons. The first-order valence-corrected chi connectivity index (χ1v) is 10.3. The number of amides is 1. The highest BCUT2D eigenvalue weighted by molar-refractivity contribution is 9.10. The van der Waals surface area contributed by atoms with E-state index in [-0.39, 0.29) is 12.5 Å². The van der Waals surface area contributed by atoms with Crippen LogP contribution in [0.4, 0.5) is 0 Å². The summed E-state index contributed by atoms with van der Waals surface area (Å²) in [4.78, 5) is 17.3. The number of hydrogen-bond acceptors (Lipinski definition) is 4. The molecule has 0 N–H and O–H groups in total. The SMILES string of the molecule is CCOCCn1c(=NC(=O)COc2ccc(C)cc2)sc2cc(Br)ccc21. The zero-order valence-corrected chi connectivity index (χ0v) is 17.7. The van der Waals surface area contributed by atoms with Crippen molar-refractivity contribution in [1.82, 2.24) is 4.57 Å². The number of rotatable bonds is 7. The molecule has 3 rings (SSSR count). The number of aromatic nitrogens is 1. The standard InChI is InChI=1S/C20H21BrN2O3S/c1-3-25-11-10-23-17-9-6-15(21)12-18(17)27-20(23)22-19(24)13-26-16-7-4-14(2)5-8-16/h4-9,12H,3,10-11,13H2,1-2H3. The second-order valence-electron chi connectivity index (χ2n) is 5.95. The van der Waals surface area contributed by atoms with Gasteiger partial charge >= 0.3 is 0 Å². The first kappa shape index (κ1) is 19.8. The number of benzene rings is 2. The van der Waals surface area contributed by atoms with E-state index in [1.807, 2.05) is 60.9 Å². The Bertz CT molecular complexity index is 993. The van der Waals surface area contributed by atoms with Gasteiger partial charge in [0.1, 0.15) is 5.75 Å². The smallest absolute Gasteiger partial charge is 0.286 e. The molecule has 1 aromatic heterocycles. The zero-order valence-electron chi connectivity index (χ0n) is 15.3. The lowest BCUT2D eigenvalue weighted by molar-refractivity contribution is -0.120. The predicted octanol–water partition coefficient (Wildman–Crippen LogP) is 4.32. The van der Waals surface area contributed by atoms with Crippen molar-refractivity contribution in [3.63, 3.8) is 0 Å². The molecule has 0 unspecified atom stereocenters. The topological polar surface area (TPSA) is 52.8 Å². The van der Waals surface area contributed by atoms with Crippen LogP contribution in [0, 0.1) is 6.92 Å². The molecule has 5 nitrogen and oxygen atoms in total. The number of hydrogen-bond donors (Lipinski definition) is 0. The monoisotopic (exact) mass is 448 g/mol. The molecule has 142 valence electrons. The molecule has 1 heterocycles. The number of ether oxygens (including phenoxy) is 2. The van der Waals surface area contributed by atoms with Crippen molar-refractivity contribution in [2.24, 2.45) is 4.99 Å². The largest absolute Gasteiger partial charge is 0.484 e. The van der Waals surface area contributed by atoms with Gasteiger partial charge in [-0.05, 0) is 44.2 Å². The molecule has 0 atom stereocenters. The van der Waals surface area contributed by atoms with Crippen LogP contribution < -0.4 is 9.54 Å². The van der Waals surface area contributed by atoms with Crippen LogP contribution in [0.25, 0.3) is 10.2 Å². The van der Waals surface area contributed by atoms with Crippen LogP contribution in [0.5, 0.6) is 5.75 Å². The Kier molecular flexibility index (Phi) is 6.82. The fourth-order valence-electron chi connectivity index (χ4n) is 2.57. The Hall–Kier alpha value is -1.96. The molecule has 3 aromatic rings. The van der Waals surface area contributed by atoms with Gasteiger partial charge < -0.3 is 14.0 Å². The molecule has 2 aromatic carbocycles. The molecule has 0 aliphatic heterocycles. The Balaban J connectivity index is 1.83. The molecule has 7 heteroatoms. The normalized spacial score (nSPS) is 11.9. The van der Waals surface area contributed by atoms with Gasteiger partial charge in [-0.15, -0.1) is 0 Å². The second-order valence-corrected chi connectivity index (χ2v) is 7.88. The van der Waals surface area contributed by atoms with Crippen molar-refractivity contribution in [2.75, 3.05) is 19.8 Å². The van der Waals surface area contributed by atoms with Crippen LogP contribution >= 0.6 is 27.3 Å². The van der Waals surface area contributed by atoms with Crippen molar-refractivity contribution in [3.05, 3.63) is 57.3 Å². The van der Waals surface area contributed by atoms with Crippen molar-refractivity contribution in [2.45, 2.75) is 20.4 Å². The van der Waals surface area contributed by atoms with Gasteiger partial charge in [0, 0.05) is 17.6 Å². The predicted molar refractivity (Wildman–Crippen MR) is 111 cm³/mol. The number of fused-ring (bicyclic) bond motifs is 1. The molecule has 27 heavy (non-hydrogen) atoms. The Labute approximate surface area is 170 Å². The summed E-state index contributed by atoms with van der Waals surface area (Å²) < 4.78 is 15.1. The van der Waals surface area contributed by atoms with Gasteiger partial charge in [0.25, 0.3) is 5.91 Å². The van der Waals surface area contributed by atoms with E-state index in [0.717, 1.165) is 20.3 Å².